The molecule has 1 aliphatic rings. The molecule has 1 N–H and O–H groups in total. The van der Waals surface area contributed by atoms with E-state index in [2.05, 4.69) is 0 Å². The van der Waals surface area contributed by atoms with Gasteiger partial charge in [0.25, 0.3) is 0 Å². The molecule has 0 amide bonds. The second-order valence-corrected chi connectivity index (χ2v) is 8.10. The number of carbonyl (C=O) groups excluding carboxylic acids is 1. The lowest BCUT2D eigenvalue weighted by Crippen LogP contribution is -2.12. The number of carbonyl (C=O) groups is 1. The Morgan fingerprint density at radius 3 is 2.96 bits per heavy atom. The molecule has 1 aromatic carbocycles. The predicted molar refractivity (Wildman–Crippen MR) is 108 cm³/mol. The quantitative estimate of drug-likeness (QED) is 0.650. The molecule has 0 radical (unpaired) electrons. The number of nitrogens with zero attached hydrogens (tertiary/aromatic N) is 2. The lowest BCUT2D eigenvalue weighted by atomic mass is 10.0. The number of ether oxygens (including phenoxy) is 1. The van der Waals surface area contributed by atoms with E-state index in [1.807, 2.05) is 37.2 Å². The molecule has 1 aliphatic carbocycles. The van der Waals surface area contributed by atoms with Crippen molar-refractivity contribution in [1.29, 1.82) is 0 Å². The third-order valence-corrected chi connectivity index (χ3v) is 6.07. The smallest absolute Gasteiger partial charge is 0.339 e. The molecule has 2 aromatic heterocycles. The third kappa shape index (κ3) is 3.68. The minimum Gasteiger partial charge on any atom is -0.472 e. The molecule has 0 bridgehead atoms. The summed E-state index contributed by atoms with van der Waals surface area (Å²) < 4.78 is 10.5. The lowest BCUT2D eigenvalue weighted by Gasteiger charge is -2.15. The van der Waals surface area contributed by atoms with Crippen molar-refractivity contribution in [2.45, 2.75) is 32.0 Å². The van der Waals surface area contributed by atoms with Crippen LogP contribution in [-0.2, 0) is 17.8 Å². The summed E-state index contributed by atoms with van der Waals surface area (Å²) in [5, 5.41) is 11.0. The molecule has 146 valence electrons. The van der Waals surface area contributed by atoms with E-state index in [9.17, 15) is 9.90 Å². The van der Waals surface area contributed by atoms with Crippen molar-refractivity contribution in [3.63, 3.8) is 0 Å². The zero-order valence-electron chi connectivity index (χ0n) is 15.8. The SMILES string of the molecule is CN(C)c1ccc(-c2nc3c(s2)C(O)CCC3)c(C(=O)OCc2ccoc2)c1. The summed E-state index contributed by atoms with van der Waals surface area (Å²) in [6.45, 7) is 0.147. The third-order valence-electron chi connectivity index (χ3n) is 4.84. The number of fused-ring (bicyclic) bond motifs is 1. The number of hydrogen-bond donors (Lipinski definition) is 1. The highest BCUT2D eigenvalue weighted by Crippen LogP contribution is 2.39. The Morgan fingerprint density at radius 1 is 1.39 bits per heavy atom. The number of esters is 1. The van der Waals surface area contributed by atoms with Crippen LogP contribution in [0.2, 0.25) is 0 Å². The monoisotopic (exact) mass is 398 g/mol. The van der Waals surface area contributed by atoms with Crippen LogP contribution >= 0.6 is 11.3 Å². The van der Waals surface area contributed by atoms with E-state index in [0.717, 1.165) is 51.7 Å². The van der Waals surface area contributed by atoms with Gasteiger partial charge in [-0.1, -0.05) is 0 Å². The van der Waals surface area contributed by atoms with E-state index in [1.165, 1.54) is 11.3 Å². The van der Waals surface area contributed by atoms with Crippen LogP contribution in [0.4, 0.5) is 5.69 Å². The average molecular weight is 398 g/mol. The highest BCUT2D eigenvalue weighted by molar-refractivity contribution is 7.15. The van der Waals surface area contributed by atoms with Gasteiger partial charge in [-0.25, -0.2) is 9.78 Å². The first-order valence-electron chi connectivity index (χ1n) is 9.20. The van der Waals surface area contributed by atoms with E-state index >= 15 is 0 Å². The normalized spacial score (nSPS) is 15.9. The molecule has 2 heterocycles. The van der Waals surface area contributed by atoms with Gasteiger partial charge in [-0.2, -0.15) is 0 Å². The van der Waals surface area contributed by atoms with Crippen molar-refractivity contribution < 1.29 is 19.1 Å². The van der Waals surface area contributed by atoms with Gasteiger partial charge < -0.3 is 19.2 Å². The first kappa shape index (κ1) is 18.7. The number of rotatable bonds is 5. The molecular weight excluding hydrogens is 376 g/mol. The number of aryl methyl sites for hydroxylation is 1. The van der Waals surface area contributed by atoms with Crippen LogP contribution in [-0.4, -0.2) is 30.2 Å². The van der Waals surface area contributed by atoms with Crippen molar-refractivity contribution in [1.82, 2.24) is 4.98 Å². The first-order chi connectivity index (χ1) is 13.5. The molecule has 0 aliphatic heterocycles. The number of hydrogen-bond acceptors (Lipinski definition) is 7. The maximum absolute atomic E-state index is 12.9. The maximum Gasteiger partial charge on any atom is 0.339 e. The van der Waals surface area contributed by atoms with E-state index < -0.39 is 12.1 Å². The molecule has 4 rings (SSSR count). The Labute approximate surface area is 167 Å². The lowest BCUT2D eigenvalue weighted by molar-refractivity contribution is 0.0473. The summed E-state index contributed by atoms with van der Waals surface area (Å²) in [6, 6.07) is 7.45. The van der Waals surface area contributed by atoms with Crippen molar-refractivity contribution >= 4 is 23.0 Å². The van der Waals surface area contributed by atoms with E-state index in [-0.39, 0.29) is 6.61 Å². The zero-order valence-corrected chi connectivity index (χ0v) is 16.7. The van der Waals surface area contributed by atoms with Gasteiger partial charge in [0, 0.05) is 30.9 Å². The minimum absolute atomic E-state index is 0.147. The van der Waals surface area contributed by atoms with Crippen LogP contribution < -0.4 is 4.90 Å². The van der Waals surface area contributed by atoms with Gasteiger partial charge in [0.2, 0.25) is 0 Å². The van der Waals surface area contributed by atoms with Crippen molar-refractivity contribution in [2.24, 2.45) is 0 Å². The van der Waals surface area contributed by atoms with Crippen LogP contribution in [0.5, 0.6) is 0 Å². The molecule has 28 heavy (non-hydrogen) atoms. The molecule has 0 spiro atoms. The van der Waals surface area contributed by atoms with Crippen LogP contribution in [0.15, 0.2) is 41.2 Å². The van der Waals surface area contributed by atoms with E-state index in [4.69, 9.17) is 14.1 Å². The molecule has 6 nitrogen and oxygen atoms in total. The summed E-state index contributed by atoms with van der Waals surface area (Å²) in [4.78, 5) is 20.4. The van der Waals surface area contributed by atoms with Crippen LogP contribution in [0.1, 0.15) is 45.4 Å². The van der Waals surface area contributed by atoms with Crippen LogP contribution in [0, 0.1) is 0 Å². The molecule has 1 atom stereocenters. The Kier molecular flexibility index (Phi) is 5.19. The fourth-order valence-corrected chi connectivity index (χ4v) is 4.45. The Balaban J connectivity index is 1.69. The molecule has 0 saturated heterocycles. The van der Waals surface area contributed by atoms with Crippen molar-refractivity contribution in [3.8, 4) is 10.6 Å². The van der Waals surface area contributed by atoms with E-state index in [0.29, 0.717) is 5.56 Å². The number of aliphatic hydroxyl groups excluding tert-OH is 1. The second kappa shape index (κ2) is 7.77. The fraction of sp³-hybridized carbons (Fsp3) is 0.333. The highest BCUT2D eigenvalue weighted by Gasteiger charge is 2.25. The zero-order chi connectivity index (χ0) is 19.7. The first-order valence-corrected chi connectivity index (χ1v) is 10.0. The highest BCUT2D eigenvalue weighted by atomic mass is 32.1. The Bertz CT molecular complexity index is 978. The number of aromatic nitrogens is 1. The van der Waals surface area contributed by atoms with Crippen molar-refractivity contribution in [3.05, 3.63) is 58.5 Å². The number of thiazole rings is 1. The summed E-state index contributed by atoms with van der Waals surface area (Å²) >= 11 is 1.46. The van der Waals surface area contributed by atoms with E-state index in [1.54, 1.807) is 18.6 Å². The molecule has 3 aromatic rings. The average Bonchev–Trinajstić information content (AvgIpc) is 3.36. The summed E-state index contributed by atoms with van der Waals surface area (Å²) in [5.74, 6) is -0.409. The summed E-state index contributed by atoms with van der Waals surface area (Å²) in [6.07, 6.45) is 5.18. The molecule has 0 saturated carbocycles. The Morgan fingerprint density at radius 2 is 2.25 bits per heavy atom. The number of anilines is 1. The van der Waals surface area contributed by atoms with Crippen molar-refractivity contribution in [2.75, 3.05) is 19.0 Å². The van der Waals surface area contributed by atoms with Gasteiger partial charge in [-0.05, 0) is 43.5 Å². The number of furan rings is 1. The number of benzene rings is 1. The summed E-state index contributed by atoms with van der Waals surface area (Å²) in [5.41, 5.74) is 3.84. The minimum atomic E-state index is -0.465. The maximum atomic E-state index is 12.9. The summed E-state index contributed by atoms with van der Waals surface area (Å²) in [7, 11) is 3.85. The molecule has 0 fully saturated rings. The topological polar surface area (TPSA) is 75.8 Å². The van der Waals surface area contributed by atoms with Crippen LogP contribution in [0.25, 0.3) is 10.6 Å². The largest absolute Gasteiger partial charge is 0.472 e. The van der Waals surface area contributed by atoms with Gasteiger partial charge in [-0.15, -0.1) is 11.3 Å². The number of aliphatic hydroxyl groups is 1. The molecule has 7 heteroatoms. The van der Waals surface area contributed by atoms with Gasteiger partial charge in [-0.3, -0.25) is 0 Å². The van der Waals surface area contributed by atoms with Gasteiger partial charge in [0.15, 0.2) is 0 Å². The standard InChI is InChI=1S/C21H22N2O4S/c1-23(2)14-6-7-15(20-22-17-4-3-5-18(24)19(17)28-20)16(10-14)21(25)27-12-13-8-9-26-11-13/h6-11,18,24H,3-5,12H2,1-2H3. The predicted octanol–water partition coefficient (Wildman–Crippen LogP) is 4.20. The van der Waals surface area contributed by atoms with Gasteiger partial charge in [0.05, 0.1) is 34.8 Å². The molecule has 1 unspecified atom stereocenters. The fourth-order valence-electron chi connectivity index (χ4n) is 3.28. The van der Waals surface area contributed by atoms with Gasteiger partial charge in [0.1, 0.15) is 11.6 Å². The van der Waals surface area contributed by atoms with Crippen LogP contribution in [0.3, 0.4) is 0 Å². The van der Waals surface area contributed by atoms with Gasteiger partial charge >= 0.3 is 5.97 Å². The molecular formula is C21H22N2O4S. The second-order valence-electron chi connectivity index (χ2n) is 7.07. The Hall–Kier alpha value is -2.64.